The van der Waals surface area contributed by atoms with Gasteiger partial charge in [0.1, 0.15) is 5.82 Å². The second-order valence-electron chi connectivity index (χ2n) is 5.41. The predicted octanol–water partition coefficient (Wildman–Crippen LogP) is 4.74. The van der Waals surface area contributed by atoms with Gasteiger partial charge in [0.25, 0.3) is 0 Å². The van der Waals surface area contributed by atoms with Crippen LogP contribution in [0.4, 0.5) is 10.1 Å². The van der Waals surface area contributed by atoms with Gasteiger partial charge < -0.3 is 4.90 Å². The number of alkyl halides is 1. The van der Waals surface area contributed by atoms with Gasteiger partial charge in [-0.25, -0.2) is 4.39 Å². The van der Waals surface area contributed by atoms with Crippen LogP contribution >= 0.6 is 15.9 Å². The third kappa shape index (κ3) is 2.87. The molecule has 1 nitrogen and oxygen atoms in total. The summed E-state index contributed by atoms with van der Waals surface area (Å²) in [6.45, 7) is 2.31. The Kier molecular flexibility index (Phi) is 4.66. The average Bonchev–Trinajstić information content (AvgIpc) is 2.38. The lowest BCUT2D eigenvalue weighted by molar-refractivity contribution is 0.339. The standard InChI is InChI=1S/C15H21BrFN/c1-11-6-8-13(9-7-11)18(2)15-12(10-16)4-3-5-14(15)17/h3-5,11,13H,6-10H2,1-2H3. The second kappa shape index (κ2) is 6.05. The lowest BCUT2D eigenvalue weighted by Gasteiger charge is -2.36. The Morgan fingerprint density at radius 3 is 2.56 bits per heavy atom. The quantitative estimate of drug-likeness (QED) is 0.729. The van der Waals surface area contributed by atoms with Crippen LogP contribution in [-0.4, -0.2) is 13.1 Å². The molecule has 0 atom stereocenters. The lowest BCUT2D eigenvalue weighted by atomic mass is 9.86. The smallest absolute Gasteiger partial charge is 0.146 e. The molecule has 100 valence electrons. The van der Waals surface area contributed by atoms with Gasteiger partial charge in [-0.2, -0.15) is 0 Å². The van der Waals surface area contributed by atoms with Crippen molar-refractivity contribution < 1.29 is 4.39 Å². The average molecular weight is 314 g/mol. The molecule has 0 saturated heterocycles. The maximum Gasteiger partial charge on any atom is 0.146 e. The SMILES string of the molecule is CC1CCC(N(C)c2c(F)cccc2CBr)CC1. The van der Waals surface area contributed by atoms with E-state index in [1.165, 1.54) is 25.7 Å². The predicted molar refractivity (Wildman–Crippen MR) is 78.9 cm³/mol. The van der Waals surface area contributed by atoms with Crippen molar-refractivity contribution in [2.24, 2.45) is 5.92 Å². The molecular formula is C15H21BrFN. The van der Waals surface area contributed by atoms with Crippen LogP contribution in [0, 0.1) is 11.7 Å². The summed E-state index contributed by atoms with van der Waals surface area (Å²) in [5.74, 6) is 0.721. The van der Waals surface area contributed by atoms with E-state index in [0.29, 0.717) is 11.4 Å². The summed E-state index contributed by atoms with van der Waals surface area (Å²) < 4.78 is 14.1. The van der Waals surface area contributed by atoms with E-state index in [1.807, 2.05) is 13.1 Å². The van der Waals surface area contributed by atoms with Crippen LogP contribution in [0.2, 0.25) is 0 Å². The molecular weight excluding hydrogens is 293 g/mol. The van der Waals surface area contributed by atoms with Crippen molar-refractivity contribution in [1.82, 2.24) is 0 Å². The molecule has 0 spiro atoms. The number of rotatable bonds is 3. The van der Waals surface area contributed by atoms with Crippen LogP contribution in [0.3, 0.4) is 0 Å². The highest BCUT2D eigenvalue weighted by Crippen LogP contribution is 2.33. The Morgan fingerprint density at radius 2 is 1.94 bits per heavy atom. The molecule has 0 aromatic heterocycles. The molecule has 0 radical (unpaired) electrons. The highest BCUT2D eigenvalue weighted by atomic mass is 79.9. The maximum absolute atomic E-state index is 14.1. The van der Waals surface area contributed by atoms with Crippen molar-refractivity contribution in [3.8, 4) is 0 Å². The molecule has 0 aliphatic heterocycles. The molecule has 0 bridgehead atoms. The highest BCUT2D eigenvalue weighted by molar-refractivity contribution is 9.08. The molecule has 1 aliphatic rings. The van der Waals surface area contributed by atoms with Gasteiger partial charge in [0.15, 0.2) is 0 Å². The van der Waals surface area contributed by atoms with Gasteiger partial charge in [-0.3, -0.25) is 0 Å². The topological polar surface area (TPSA) is 3.24 Å². The fourth-order valence-corrected chi connectivity index (χ4v) is 3.33. The molecule has 2 rings (SSSR count). The first-order valence-electron chi connectivity index (χ1n) is 6.69. The number of para-hydroxylation sites is 1. The third-order valence-corrected chi connectivity index (χ3v) is 4.70. The minimum Gasteiger partial charge on any atom is -0.369 e. The Hall–Kier alpha value is -0.570. The van der Waals surface area contributed by atoms with Crippen LogP contribution < -0.4 is 4.90 Å². The van der Waals surface area contributed by atoms with Crippen molar-refractivity contribution in [1.29, 1.82) is 0 Å². The first-order valence-corrected chi connectivity index (χ1v) is 7.81. The van der Waals surface area contributed by atoms with Crippen LogP contribution in [0.1, 0.15) is 38.2 Å². The van der Waals surface area contributed by atoms with Gasteiger partial charge >= 0.3 is 0 Å². The fraction of sp³-hybridized carbons (Fsp3) is 0.600. The van der Waals surface area contributed by atoms with Gasteiger partial charge in [0, 0.05) is 18.4 Å². The van der Waals surface area contributed by atoms with E-state index in [9.17, 15) is 4.39 Å². The number of hydrogen-bond donors (Lipinski definition) is 0. The van der Waals surface area contributed by atoms with E-state index < -0.39 is 0 Å². The van der Waals surface area contributed by atoms with Gasteiger partial charge in [-0.1, -0.05) is 35.0 Å². The van der Waals surface area contributed by atoms with Gasteiger partial charge in [0.2, 0.25) is 0 Å². The van der Waals surface area contributed by atoms with E-state index >= 15 is 0 Å². The summed E-state index contributed by atoms with van der Waals surface area (Å²) in [5.41, 5.74) is 1.81. The highest BCUT2D eigenvalue weighted by Gasteiger charge is 2.24. The van der Waals surface area contributed by atoms with Crippen molar-refractivity contribution in [3.63, 3.8) is 0 Å². The summed E-state index contributed by atoms with van der Waals surface area (Å²) in [6, 6.07) is 5.82. The number of hydrogen-bond acceptors (Lipinski definition) is 1. The first-order chi connectivity index (χ1) is 8.63. The van der Waals surface area contributed by atoms with E-state index in [4.69, 9.17) is 0 Å². The van der Waals surface area contributed by atoms with E-state index in [0.717, 1.165) is 17.2 Å². The molecule has 1 saturated carbocycles. The molecule has 1 aromatic rings. The number of halogens is 2. The van der Waals surface area contributed by atoms with E-state index in [2.05, 4.69) is 27.8 Å². The number of nitrogens with zero attached hydrogens (tertiary/aromatic N) is 1. The van der Waals surface area contributed by atoms with Crippen molar-refractivity contribution >= 4 is 21.6 Å². The Morgan fingerprint density at radius 1 is 1.28 bits per heavy atom. The molecule has 18 heavy (non-hydrogen) atoms. The monoisotopic (exact) mass is 313 g/mol. The van der Waals surface area contributed by atoms with Crippen LogP contribution in [0.15, 0.2) is 18.2 Å². The second-order valence-corrected chi connectivity index (χ2v) is 5.97. The Labute approximate surface area is 118 Å². The largest absolute Gasteiger partial charge is 0.369 e. The third-order valence-electron chi connectivity index (χ3n) is 4.10. The van der Waals surface area contributed by atoms with Crippen LogP contribution in [0.5, 0.6) is 0 Å². The van der Waals surface area contributed by atoms with Crippen LogP contribution in [-0.2, 0) is 5.33 Å². The number of benzene rings is 1. The van der Waals surface area contributed by atoms with Gasteiger partial charge in [0.05, 0.1) is 5.69 Å². The summed E-state index contributed by atoms with van der Waals surface area (Å²) in [4.78, 5) is 2.15. The zero-order valence-corrected chi connectivity index (χ0v) is 12.7. The minimum absolute atomic E-state index is 0.104. The lowest BCUT2D eigenvalue weighted by Crippen LogP contribution is -2.35. The van der Waals surface area contributed by atoms with Crippen molar-refractivity contribution in [2.75, 3.05) is 11.9 Å². The van der Waals surface area contributed by atoms with E-state index in [-0.39, 0.29) is 5.82 Å². The zero-order valence-electron chi connectivity index (χ0n) is 11.1. The molecule has 1 fully saturated rings. The minimum atomic E-state index is -0.104. The Balaban J connectivity index is 2.20. The summed E-state index contributed by atoms with van der Waals surface area (Å²) in [6.07, 6.45) is 4.86. The normalized spacial score (nSPS) is 24.0. The van der Waals surface area contributed by atoms with Crippen molar-refractivity contribution in [3.05, 3.63) is 29.6 Å². The summed E-state index contributed by atoms with van der Waals surface area (Å²) in [5, 5.41) is 0.702. The van der Waals surface area contributed by atoms with Crippen LogP contribution in [0.25, 0.3) is 0 Å². The molecule has 0 heterocycles. The zero-order chi connectivity index (χ0) is 13.1. The molecule has 1 aliphatic carbocycles. The molecule has 1 aromatic carbocycles. The maximum atomic E-state index is 14.1. The molecule has 0 unspecified atom stereocenters. The molecule has 3 heteroatoms. The first kappa shape index (κ1) is 13.9. The van der Waals surface area contributed by atoms with Gasteiger partial charge in [-0.15, -0.1) is 0 Å². The van der Waals surface area contributed by atoms with E-state index in [1.54, 1.807) is 12.1 Å². The fourth-order valence-electron chi connectivity index (χ4n) is 2.88. The van der Waals surface area contributed by atoms with Gasteiger partial charge in [-0.05, 0) is 43.2 Å². The Bertz CT molecular complexity index is 399. The summed E-state index contributed by atoms with van der Waals surface area (Å²) in [7, 11) is 2.03. The molecule has 0 amide bonds. The van der Waals surface area contributed by atoms with Crippen molar-refractivity contribution in [2.45, 2.75) is 44.0 Å². The number of anilines is 1. The molecule has 0 N–H and O–H groups in total. The summed E-state index contributed by atoms with van der Waals surface area (Å²) >= 11 is 3.45.